The minimum Gasteiger partial charge on any atom is -0.289 e. The molecule has 4 aromatic rings. The molecular weight excluding hydrogens is 479 g/mol. The summed E-state index contributed by atoms with van der Waals surface area (Å²) >= 11 is 0. The van der Waals surface area contributed by atoms with Gasteiger partial charge in [0.1, 0.15) is 5.56 Å². The van der Waals surface area contributed by atoms with Gasteiger partial charge in [-0.05, 0) is 42.5 Å². The molecule has 2 aliphatic heterocycles. The van der Waals surface area contributed by atoms with Crippen LogP contribution in [0.15, 0.2) is 77.8 Å². The van der Waals surface area contributed by atoms with Crippen LogP contribution in [0.5, 0.6) is 0 Å². The van der Waals surface area contributed by atoms with Crippen molar-refractivity contribution in [1.29, 1.82) is 0 Å². The lowest BCUT2D eigenvalue weighted by Crippen LogP contribution is -2.51. The van der Waals surface area contributed by atoms with Crippen molar-refractivity contribution in [1.82, 2.24) is 19.7 Å². The summed E-state index contributed by atoms with van der Waals surface area (Å²) in [6, 6.07) is 23.4. The molecule has 4 heterocycles. The number of benzene rings is 2. The molecule has 190 valence electrons. The number of anilines is 1. The molecule has 0 N–H and O–H groups in total. The van der Waals surface area contributed by atoms with E-state index in [0.29, 0.717) is 24.2 Å². The van der Waals surface area contributed by atoms with Gasteiger partial charge in [0.15, 0.2) is 5.82 Å². The zero-order valence-electron chi connectivity index (χ0n) is 21.1. The van der Waals surface area contributed by atoms with E-state index < -0.39 is 5.95 Å². The number of carbonyl (C=O) groups is 1. The van der Waals surface area contributed by atoms with Crippen molar-refractivity contribution >= 4 is 17.7 Å². The van der Waals surface area contributed by atoms with Gasteiger partial charge in [-0.25, -0.2) is 9.98 Å². The lowest BCUT2D eigenvalue weighted by molar-refractivity contribution is 0.0864. The fourth-order valence-electron chi connectivity index (χ4n) is 5.98. The largest absolute Gasteiger partial charge is 0.289 e. The Hall–Kier alpha value is -4.33. The number of guanidine groups is 1. The van der Waals surface area contributed by atoms with Gasteiger partial charge in [0, 0.05) is 19.0 Å². The summed E-state index contributed by atoms with van der Waals surface area (Å²) in [7, 11) is 1.82. The third kappa shape index (κ3) is 3.70. The molecule has 1 saturated carbocycles. The van der Waals surface area contributed by atoms with Crippen LogP contribution in [0.1, 0.15) is 46.4 Å². The Kier molecular flexibility index (Phi) is 5.35. The quantitative estimate of drug-likeness (QED) is 0.361. The third-order valence-electron chi connectivity index (χ3n) is 7.87. The average Bonchev–Trinajstić information content (AvgIpc) is 3.62. The second kappa shape index (κ2) is 8.90. The van der Waals surface area contributed by atoms with E-state index in [1.807, 2.05) is 54.2 Å². The monoisotopic (exact) mass is 506 g/mol. The number of carbonyl (C=O) groups excluding carboxylic acids is 1. The van der Waals surface area contributed by atoms with Crippen LogP contribution in [0, 0.1) is 5.95 Å². The van der Waals surface area contributed by atoms with Crippen molar-refractivity contribution in [2.45, 2.75) is 44.3 Å². The van der Waals surface area contributed by atoms with Gasteiger partial charge < -0.3 is 0 Å². The van der Waals surface area contributed by atoms with Gasteiger partial charge in [-0.15, -0.1) is 0 Å². The molecule has 0 unspecified atom stereocenters. The molecule has 2 atom stereocenters. The number of nitrogens with zero attached hydrogens (tertiary/aromatic N) is 6. The van der Waals surface area contributed by atoms with Crippen LogP contribution in [0.25, 0.3) is 11.3 Å². The minimum atomic E-state index is -0.497. The zero-order chi connectivity index (χ0) is 25.8. The van der Waals surface area contributed by atoms with Gasteiger partial charge >= 0.3 is 0 Å². The van der Waals surface area contributed by atoms with Gasteiger partial charge in [0.25, 0.3) is 5.91 Å². The normalized spacial score (nSPS) is 19.8. The Morgan fingerprint density at radius 1 is 0.947 bits per heavy atom. The Labute approximate surface area is 220 Å². The molecule has 0 saturated heterocycles. The third-order valence-corrected chi connectivity index (χ3v) is 7.87. The summed E-state index contributed by atoms with van der Waals surface area (Å²) in [5.74, 6) is 0.899. The number of aliphatic imine (C=N–C) groups is 1. The second-order valence-electron chi connectivity index (χ2n) is 10.2. The van der Waals surface area contributed by atoms with Crippen LogP contribution in [0.4, 0.5) is 10.2 Å². The lowest BCUT2D eigenvalue weighted by Gasteiger charge is -2.34. The first-order valence-electron chi connectivity index (χ1n) is 13.1. The predicted octanol–water partition coefficient (Wildman–Crippen LogP) is 4.91. The second-order valence-corrected chi connectivity index (χ2v) is 10.2. The summed E-state index contributed by atoms with van der Waals surface area (Å²) < 4.78 is 15.6. The van der Waals surface area contributed by atoms with Crippen LogP contribution in [0.3, 0.4) is 0 Å². The molecule has 2 aromatic heterocycles. The molecule has 7 rings (SSSR count). The number of amides is 1. The zero-order valence-corrected chi connectivity index (χ0v) is 21.1. The smallest absolute Gasteiger partial charge is 0.266 e. The van der Waals surface area contributed by atoms with Gasteiger partial charge in [-0.2, -0.15) is 9.49 Å². The van der Waals surface area contributed by atoms with Crippen LogP contribution >= 0.6 is 0 Å². The standard InChI is InChI=1S/C30H27FN6O/c1-35-29(38)27-25(17-19-7-3-2-4-8-19)36(34-28(27)37-24-11-5-10-23(24)33-30(35)37)18-20-13-15-21(16-14-20)22-9-6-12-26(31)32-22/h2-4,6-9,12-16,23-24H,5,10-11,17-18H2,1H3/t23-,24+/m1/s1. The van der Waals surface area contributed by atoms with Crippen LogP contribution < -0.4 is 4.90 Å². The number of aromatic nitrogens is 3. The first kappa shape index (κ1) is 22.8. The minimum absolute atomic E-state index is 0.0559. The van der Waals surface area contributed by atoms with E-state index in [1.54, 1.807) is 17.0 Å². The van der Waals surface area contributed by atoms with E-state index in [0.717, 1.165) is 53.4 Å². The summed E-state index contributed by atoms with van der Waals surface area (Å²) in [5.41, 5.74) is 5.17. The molecule has 7 nitrogen and oxygen atoms in total. The van der Waals surface area contributed by atoms with E-state index >= 15 is 0 Å². The Morgan fingerprint density at radius 3 is 2.55 bits per heavy atom. The van der Waals surface area contributed by atoms with Crippen LogP contribution in [-0.2, 0) is 13.0 Å². The SMILES string of the molecule is CN1C(=O)c2c(nn(Cc3ccc(-c4cccc(F)n4)cc3)c2Cc2ccccc2)N2C1=N[C@@H]1CCC[C@@H]12. The lowest BCUT2D eigenvalue weighted by atomic mass is 10.0. The summed E-state index contributed by atoms with van der Waals surface area (Å²) in [4.78, 5) is 26.5. The average molecular weight is 507 g/mol. The Balaban J connectivity index is 1.29. The molecule has 38 heavy (non-hydrogen) atoms. The topological polar surface area (TPSA) is 66.6 Å². The highest BCUT2D eigenvalue weighted by Gasteiger charge is 2.49. The van der Waals surface area contributed by atoms with Crippen molar-refractivity contribution in [3.63, 3.8) is 0 Å². The maximum Gasteiger partial charge on any atom is 0.266 e. The highest BCUT2D eigenvalue weighted by atomic mass is 19.1. The Bertz CT molecular complexity index is 1560. The van der Waals surface area contributed by atoms with Crippen LogP contribution in [0.2, 0.25) is 0 Å². The van der Waals surface area contributed by atoms with E-state index in [9.17, 15) is 9.18 Å². The summed E-state index contributed by atoms with van der Waals surface area (Å²) in [6.07, 6.45) is 3.84. The highest BCUT2D eigenvalue weighted by molar-refractivity contribution is 6.19. The maximum absolute atomic E-state index is 13.7. The molecule has 1 fully saturated rings. The number of halogens is 1. The molecule has 0 radical (unpaired) electrons. The molecule has 2 aromatic carbocycles. The van der Waals surface area contributed by atoms with Crippen molar-refractivity contribution in [2.24, 2.45) is 4.99 Å². The molecule has 0 spiro atoms. The number of fused-ring (bicyclic) bond motifs is 5. The van der Waals surface area contributed by atoms with Gasteiger partial charge in [0.2, 0.25) is 11.9 Å². The number of hydrogen-bond donors (Lipinski definition) is 0. The first-order valence-corrected chi connectivity index (χ1v) is 13.1. The molecule has 3 aliphatic rings. The molecule has 0 bridgehead atoms. The fourth-order valence-corrected chi connectivity index (χ4v) is 5.98. The number of pyridine rings is 1. The van der Waals surface area contributed by atoms with Crippen molar-refractivity contribution in [2.75, 3.05) is 11.9 Å². The fraction of sp³-hybridized carbons (Fsp3) is 0.267. The summed E-state index contributed by atoms with van der Waals surface area (Å²) in [6.45, 7) is 0.511. The number of hydrogen-bond acceptors (Lipinski definition) is 5. The maximum atomic E-state index is 13.7. The molecular formula is C30H27FN6O. The van der Waals surface area contributed by atoms with Crippen LogP contribution in [-0.4, -0.2) is 50.7 Å². The van der Waals surface area contributed by atoms with Gasteiger partial charge in [-0.1, -0.05) is 60.7 Å². The van der Waals surface area contributed by atoms with E-state index in [4.69, 9.17) is 10.1 Å². The van der Waals surface area contributed by atoms with E-state index in [-0.39, 0.29) is 18.0 Å². The molecule has 1 aliphatic carbocycles. The van der Waals surface area contributed by atoms with E-state index in [1.165, 1.54) is 6.07 Å². The summed E-state index contributed by atoms with van der Waals surface area (Å²) in [5, 5.41) is 5.07. The van der Waals surface area contributed by atoms with Gasteiger partial charge in [0.05, 0.1) is 30.0 Å². The first-order chi connectivity index (χ1) is 18.6. The van der Waals surface area contributed by atoms with Gasteiger partial charge in [-0.3, -0.25) is 19.3 Å². The van der Waals surface area contributed by atoms with Crippen molar-refractivity contribution in [3.8, 4) is 11.3 Å². The predicted molar refractivity (Wildman–Crippen MR) is 144 cm³/mol. The number of rotatable bonds is 5. The van der Waals surface area contributed by atoms with Crippen molar-refractivity contribution < 1.29 is 9.18 Å². The highest BCUT2D eigenvalue weighted by Crippen LogP contribution is 2.41. The van der Waals surface area contributed by atoms with E-state index in [2.05, 4.69) is 22.0 Å². The molecule has 1 amide bonds. The molecule has 8 heteroatoms. The van der Waals surface area contributed by atoms with Crippen molar-refractivity contribution in [3.05, 3.63) is 101 Å². The Morgan fingerprint density at radius 2 is 1.76 bits per heavy atom.